The van der Waals surface area contributed by atoms with Gasteiger partial charge in [0, 0.05) is 29.7 Å². The third kappa shape index (κ3) is 4.05. The van der Waals surface area contributed by atoms with E-state index < -0.39 is 0 Å². The third-order valence-electron chi connectivity index (χ3n) is 5.36. The lowest BCUT2D eigenvalue weighted by Crippen LogP contribution is -2.33. The van der Waals surface area contributed by atoms with Gasteiger partial charge in [0.1, 0.15) is 11.6 Å². The summed E-state index contributed by atoms with van der Waals surface area (Å²) in [7, 11) is 0. The average molecular weight is 415 g/mol. The van der Waals surface area contributed by atoms with E-state index in [1.807, 2.05) is 48.5 Å². The van der Waals surface area contributed by atoms with Crippen molar-refractivity contribution in [3.05, 3.63) is 78.1 Å². The number of halogens is 1. The molecule has 1 aliphatic heterocycles. The van der Waals surface area contributed by atoms with Crippen LogP contribution in [-0.4, -0.2) is 29.7 Å². The van der Waals surface area contributed by atoms with Crippen molar-refractivity contribution in [3.8, 4) is 11.1 Å². The molecule has 4 N–H and O–H groups in total. The largest absolute Gasteiger partial charge is 0.383 e. The van der Waals surface area contributed by atoms with Crippen molar-refractivity contribution in [1.82, 2.24) is 15.3 Å². The summed E-state index contributed by atoms with van der Waals surface area (Å²) in [6, 6.07) is 20.1. The highest BCUT2D eigenvalue weighted by atomic mass is 19.1. The minimum absolute atomic E-state index is 0.0594. The van der Waals surface area contributed by atoms with Crippen LogP contribution in [0.25, 0.3) is 22.0 Å². The molecule has 0 spiro atoms. The second-order valence-corrected chi connectivity index (χ2v) is 7.46. The number of ether oxygens (including phenoxy) is 1. The van der Waals surface area contributed by atoms with Crippen LogP contribution in [-0.2, 0) is 4.74 Å². The molecule has 1 fully saturated rings. The van der Waals surface area contributed by atoms with Crippen molar-refractivity contribution in [2.45, 2.75) is 6.10 Å². The van der Waals surface area contributed by atoms with E-state index in [1.54, 1.807) is 6.07 Å². The molecular weight excluding hydrogens is 393 g/mol. The Bertz CT molecular complexity index is 1220. The van der Waals surface area contributed by atoms with E-state index in [2.05, 4.69) is 15.6 Å². The van der Waals surface area contributed by atoms with Gasteiger partial charge in [-0.05, 0) is 41.5 Å². The normalized spacial score (nSPS) is 16.4. The number of nitrogens with two attached hydrogens (primary N) is 1. The quantitative estimate of drug-likeness (QED) is 0.457. The third-order valence-corrected chi connectivity index (χ3v) is 5.36. The lowest BCUT2D eigenvalue weighted by atomic mass is 10.0. The molecule has 0 radical (unpaired) electrons. The molecule has 4 aromatic rings. The first-order valence-electron chi connectivity index (χ1n) is 10.2. The number of hydrogen-bond donors (Lipinski definition) is 3. The van der Waals surface area contributed by atoms with Crippen LogP contribution in [0.2, 0.25) is 0 Å². The minimum Gasteiger partial charge on any atom is -0.383 e. The van der Waals surface area contributed by atoms with Crippen molar-refractivity contribution in [3.63, 3.8) is 0 Å². The van der Waals surface area contributed by atoms with E-state index in [9.17, 15) is 4.39 Å². The summed E-state index contributed by atoms with van der Waals surface area (Å²) < 4.78 is 19.6. The second-order valence-electron chi connectivity index (χ2n) is 7.46. The van der Waals surface area contributed by atoms with Crippen molar-refractivity contribution in [2.24, 2.45) is 0 Å². The smallest absolute Gasteiger partial charge is 0.229 e. The van der Waals surface area contributed by atoms with Gasteiger partial charge in [-0.3, -0.25) is 0 Å². The molecule has 7 heteroatoms. The highest BCUT2D eigenvalue weighted by molar-refractivity contribution is 5.99. The number of benzene rings is 3. The first-order chi connectivity index (χ1) is 15.2. The van der Waals surface area contributed by atoms with Gasteiger partial charge in [-0.1, -0.05) is 36.4 Å². The molecule has 0 saturated carbocycles. The average Bonchev–Trinajstić information content (AvgIpc) is 2.80. The predicted molar refractivity (Wildman–Crippen MR) is 121 cm³/mol. The Kier molecular flexibility index (Phi) is 5.19. The Morgan fingerprint density at radius 3 is 2.65 bits per heavy atom. The molecule has 3 aromatic carbocycles. The molecule has 0 aliphatic carbocycles. The molecule has 156 valence electrons. The molecule has 1 atom stereocenters. The molecule has 6 nitrogen and oxygen atoms in total. The lowest BCUT2D eigenvalue weighted by molar-refractivity contribution is 0.0277. The summed E-state index contributed by atoms with van der Waals surface area (Å²) in [6.45, 7) is 2.40. The molecule has 1 aliphatic rings. The van der Waals surface area contributed by atoms with Gasteiger partial charge >= 0.3 is 0 Å². The number of anilines is 3. The zero-order chi connectivity index (χ0) is 21.2. The van der Waals surface area contributed by atoms with Gasteiger partial charge in [0.05, 0.1) is 18.2 Å². The Morgan fingerprint density at radius 2 is 1.87 bits per heavy atom. The van der Waals surface area contributed by atoms with Gasteiger partial charge < -0.3 is 21.1 Å². The SMILES string of the molecule is Nc1nc(Nc2ccc(C3CNCCO3)cc2)nc2c(-c3cccc(F)c3)cccc12. The van der Waals surface area contributed by atoms with E-state index in [1.165, 1.54) is 12.1 Å². The molecule has 5 rings (SSSR count). The van der Waals surface area contributed by atoms with Gasteiger partial charge in [-0.15, -0.1) is 0 Å². The van der Waals surface area contributed by atoms with E-state index in [-0.39, 0.29) is 11.9 Å². The Morgan fingerprint density at radius 1 is 1.03 bits per heavy atom. The highest BCUT2D eigenvalue weighted by Crippen LogP contribution is 2.31. The van der Waals surface area contributed by atoms with Crippen LogP contribution < -0.4 is 16.4 Å². The van der Waals surface area contributed by atoms with Crippen molar-refractivity contribution >= 4 is 28.4 Å². The van der Waals surface area contributed by atoms with Crippen LogP contribution in [0.1, 0.15) is 11.7 Å². The standard InChI is InChI=1S/C24H22FN5O/c25-17-4-1-3-16(13-17)19-5-2-6-20-22(19)29-24(30-23(20)26)28-18-9-7-15(8-10-18)21-14-27-11-12-31-21/h1-10,13,21,27H,11-12,14H2,(H3,26,28,29,30). The zero-order valence-corrected chi connectivity index (χ0v) is 16.8. The van der Waals surface area contributed by atoms with Crippen LogP contribution in [0.5, 0.6) is 0 Å². The van der Waals surface area contributed by atoms with Gasteiger partial charge in [-0.2, -0.15) is 4.98 Å². The predicted octanol–water partition coefficient (Wildman–Crippen LogP) is 4.42. The van der Waals surface area contributed by atoms with Gasteiger partial charge in [0.15, 0.2) is 0 Å². The number of rotatable bonds is 4. The van der Waals surface area contributed by atoms with Gasteiger partial charge in [0.25, 0.3) is 0 Å². The monoisotopic (exact) mass is 415 g/mol. The van der Waals surface area contributed by atoms with E-state index in [0.717, 1.165) is 40.9 Å². The fraction of sp³-hybridized carbons (Fsp3) is 0.167. The van der Waals surface area contributed by atoms with Crippen LogP contribution >= 0.6 is 0 Å². The van der Waals surface area contributed by atoms with E-state index >= 15 is 0 Å². The Hall–Kier alpha value is -3.55. The maximum absolute atomic E-state index is 13.8. The summed E-state index contributed by atoms with van der Waals surface area (Å²) >= 11 is 0. The summed E-state index contributed by atoms with van der Waals surface area (Å²) in [4.78, 5) is 9.10. The second kappa shape index (κ2) is 8.29. The summed E-state index contributed by atoms with van der Waals surface area (Å²) in [5, 5.41) is 7.29. The number of nitrogens with one attached hydrogen (secondary N) is 2. The summed E-state index contributed by atoms with van der Waals surface area (Å²) in [5.41, 5.74) is 10.4. The number of nitrogen functional groups attached to an aromatic ring is 1. The number of morpholine rings is 1. The molecule has 2 heterocycles. The van der Waals surface area contributed by atoms with Crippen molar-refractivity contribution in [1.29, 1.82) is 0 Å². The maximum Gasteiger partial charge on any atom is 0.229 e. The van der Waals surface area contributed by atoms with Gasteiger partial charge in [0.2, 0.25) is 5.95 Å². The topological polar surface area (TPSA) is 85.1 Å². The molecule has 0 amide bonds. The van der Waals surface area contributed by atoms with Gasteiger partial charge in [-0.25, -0.2) is 9.37 Å². The summed E-state index contributed by atoms with van der Waals surface area (Å²) in [5.74, 6) is 0.452. The summed E-state index contributed by atoms with van der Waals surface area (Å²) in [6.07, 6.45) is 0.0594. The van der Waals surface area contributed by atoms with Crippen LogP contribution in [0.3, 0.4) is 0 Å². The molecule has 0 bridgehead atoms. The number of aromatic nitrogens is 2. The zero-order valence-electron chi connectivity index (χ0n) is 16.8. The highest BCUT2D eigenvalue weighted by Gasteiger charge is 2.16. The Balaban J connectivity index is 1.47. The fourth-order valence-corrected chi connectivity index (χ4v) is 3.81. The van der Waals surface area contributed by atoms with E-state index in [4.69, 9.17) is 15.5 Å². The van der Waals surface area contributed by atoms with E-state index in [0.29, 0.717) is 23.9 Å². The fourth-order valence-electron chi connectivity index (χ4n) is 3.81. The van der Waals surface area contributed by atoms with Crippen molar-refractivity contribution < 1.29 is 9.13 Å². The van der Waals surface area contributed by atoms with Crippen LogP contribution in [0.15, 0.2) is 66.7 Å². The molecule has 1 saturated heterocycles. The minimum atomic E-state index is -0.299. The van der Waals surface area contributed by atoms with Crippen LogP contribution in [0.4, 0.5) is 21.8 Å². The van der Waals surface area contributed by atoms with Crippen molar-refractivity contribution in [2.75, 3.05) is 30.7 Å². The maximum atomic E-state index is 13.8. The number of nitrogens with zero attached hydrogens (tertiary/aromatic N) is 2. The lowest BCUT2D eigenvalue weighted by Gasteiger charge is -2.24. The Labute approximate surface area is 179 Å². The number of fused-ring (bicyclic) bond motifs is 1. The number of hydrogen-bond acceptors (Lipinski definition) is 6. The molecule has 31 heavy (non-hydrogen) atoms. The molecule has 1 aromatic heterocycles. The first-order valence-corrected chi connectivity index (χ1v) is 10.2. The molecule has 1 unspecified atom stereocenters. The number of para-hydroxylation sites is 1. The van der Waals surface area contributed by atoms with Crippen LogP contribution in [0, 0.1) is 5.82 Å². The first kappa shape index (κ1) is 19.4. The molecular formula is C24H22FN5O.